The van der Waals surface area contributed by atoms with Crippen LogP contribution in [0.1, 0.15) is 11.1 Å². The van der Waals surface area contributed by atoms with Crippen LogP contribution in [0.4, 0.5) is 0 Å². The molecule has 0 amide bonds. The average molecular weight is 199 g/mol. The van der Waals surface area contributed by atoms with Crippen LogP contribution in [0, 0.1) is 0 Å². The van der Waals surface area contributed by atoms with E-state index >= 15 is 0 Å². The molecule has 0 saturated carbocycles. The summed E-state index contributed by atoms with van der Waals surface area (Å²) in [7, 11) is 0. The smallest absolute Gasteiger partial charge is 0.118 e. The predicted molar refractivity (Wildman–Crippen MR) is 55.9 cm³/mol. The lowest BCUT2D eigenvalue weighted by Gasteiger charge is -2.02. The van der Waals surface area contributed by atoms with Gasteiger partial charge >= 0.3 is 0 Å². The highest BCUT2D eigenvalue weighted by Crippen LogP contribution is 2.08. The van der Waals surface area contributed by atoms with Gasteiger partial charge in [0.05, 0.1) is 12.4 Å². The first-order valence-corrected chi connectivity index (χ1v) is 4.46. The molecule has 0 aliphatic rings. The fourth-order valence-corrected chi connectivity index (χ4v) is 1.31. The monoisotopic (exact) mass is 199 g/mol. The van der Waals surface area contributed by atoms with Gasteiger partial charge in [0, 0.05) is 11.1 Å². The number of aromatic nitrogens is 2. The van der Waals surface area contributed by atoms with Crippen molar-refractivity contribution in [3.05, 3.63) is 59.9 Å². The van der Waals surface area contributed by atoms with E-state index in [1.807, 2.05) is 30.3 Å². The molecular formula is C11H9N3O. The van der Waals surface area contributed by atoms with Crippen molar-refractivity contribution in [2.75, 3.05) is 0 Å². The molecule has 0 aliphatic heterocycles. The van der Waals surface area contributed by atoms with E-state index in [0.29, 0.717) is 5.71 Å². The van der Waals surface area contributed by atoms with E-state index in [-0.39, 0.29) is 0 Å². The Hall–Kier alpha value is -2.23. The topological polar surface area (TPSA) is 58.4 Å². The van der Waals surface area contributed by atoms with Crippen molar-refractivity contribution < 1.29 is 5.21 Å². The van der Waals surface area contributed by atoms with E-state index in [1.165, 1.54) is 0 Å². The minimum Gasteiger partial charge on any atom is -0.410 e. The number of nitrogens with zero attached hydrogens (tertiary/aromatic N) is 3. The summed E-state index contributed by atoms with van der Waals surface area (Å²) in [4.78, 5) is 0. The molecular weight excluding hydrogens is 190 g/mol. The van der Waals surface area contributed by atoms with E-state index in [1.54, 1.807) is 18.5 Å². The molecule has 15 heavy (non-hydrogen) atoms. The number of rotatable bonds is 2. The molecule has 1 N–H and O–H groups in total. The summed E-state index contributed by atoms with van der Waals surface area (Å²) in [6, 6.07) is 11.2. The molecule has 4 nitrogen and oxygen atoms in total. The maximum absolute atomic E-state index is 8.97. The summed E-state index contributed by atoms with van der Waals surface area (Å²) in [5, 5.41) is 19.7. The van der Waals surface area contributed by atoms with E-state index < -0.39 is 0 Å². The average Bonchev–Trinajstić information content (AvgIpc) is 2.33. The zero-order chi connectivity index (χ0) is 10.5. The van der Waals surface area contributed by atoms with E-state index in [0.717, 1.165) is 11.1 Å². The quantitative estimate of drug-likeness (QED) is 0.455. The number of hydrogen-bond acceptors (Lipinski definition) is 4. The van der Waals surface area contributed by atoms with Gasteiger partial charge in [-0.2, -0.15) is 10.2 Å². The Bertz CT molecular complexity index is 412. The van der Waals surface area contributed by atoms with Crippen molar-refractivity contribution in [2.45, 2.75) is 0 Å². The second-order valence-electron chi connectivity index (χ2n) is 2.95. The van der Waals surface area contributed by atoms with E-state index in [2.05, 4.69) is 15.4 Å². The van der Waals surface area contributed by atoms with Crippen molar-refractivity contribution in [3.63, 3.8) is 0 Å². The third-order valence-electron chi connectivity index (χ3n) is 2.00. The van der Waals surface area contributed by atoms with Gasteiger partial charge in [0.25, 0.3) is 0 Å². The zero-order valence-corrected chi connectivity index (χ0v) is 7.91. The molecule has 0 spiro atoms. The lowest BCUT2D eigenvalue weighted by atomic mass is 10.1. The molecule has 0 bridgehead atoms. The molecule has 0 aliphatic carbocycles. The summed E-state index contributed by atoms with van der Waals surface area (Å²) in [6.07, 6.45) is 3.12. The lowest BCUT2D eigenvalue weighted by Crippen LogP contribution is -2.03. The fraction of sp³-hybridized carbons (Fsp3) is 0. The Morgan fingerprint density at radius 1 is 1.00 bits per heavy atom. The molecule has 1 aromatic carbocycles. The van der Waals surface area contributed by atoms with Crippen LogP contribution in [0.2, 0.25) is 0 Å². The Labute approximate surface area is 86.9 Å². The van der Waals surface area contributed by atoms with Gasteiger partial charge in [0.1, 0.15) is 5.71 Å². The van der Waals surface area contributed by atoms with Gasteiger partial charge in [-0.05, 0) is 6.07 Å². The fourth-order valence-electron chi connectivity index (χ4n) is 1.31. The molecule has 0 unspecified atom stereocenters. The minimum atomic E-state index is 0.491. The first-order valence-electron chi connectivity index (χ1n) is 4.46. The van der Waals surface area contributed by atoms with Gasteiger partial charge in [0.2, 0.25) is 0 Å². The van der Waals surface area contributed by atoms with Crippen molar-refractivity contribution in [2.24, 2.45) is 5.16 Å². The second kappa shape index (κ2) is 4.32. The van der Waals surface area contributed by atoms with Crippen molar-refractivity contribution in [3.8, 4) is 0 Å². The molecule has 0 radical (unpaired) electrons. The van der Waals surface area contributed by atoms with Crippen LogP contribution < -0.4 is 0 Å². The maximum Gasteiger partial charge on any atom is 0.118 e. The minimum absolute atomic E-state index is 0.491. The molecule has 0 fully saturated rings. The van der Waals surface area contributed by atoms with Crippen LogP contribution in [0.15, 0.2) is 53.9 Å². The van der Waals surface area contributed by atoms with E-state index in [4.69, 9.17) is 5.21 Å². The van der Waals surface area contributed by atoms with Gasteiger partial charge in [-0.25, -0.2) is 0 Å². The van der Waals surface area contributed by atoms with Crippen LogP contribution >= 0.6 is 0 Å². The molecule has 74 valence electrons. The van der Waals surface area contributed by atoms with Crippen LogP contribution in [-0.4, -0.2) is 21.1 Å². The second-order valence-corrected chi connectivity index (χ2v) is 2.95. The van der Waals surface area contributed by atoms with Crippen molar-refractivity contribution >= 4 is 5.71 Å². The number of benzene rings is 1. The first kappa shape index (κ1) is 9.33. The van der Waals surface area contributed by atoms with Gasteiger partial charge in [-0.3, -0.25) is 0 Å². The Morgan fingerprint density at radius 2 is 1.80 bits per heavy atom. The van der Waals surface area contributed by atoms with Crippen molar-refractivity contribution in [1.82, 2.24) is 10.2 Å². The molecule has 2 aromatic rings. The zero-order valence-electron chi connectivity index (χ0n) is 7.91. The van der Waals surface area contributed by atoms with Crippen LogP contribution in [0.5, 0.6) is 0 Å². The van der Waals surface area contributed by atoms with Crippen LogP contribution in [0.3, 0.4) is 0 Å². The first-order chi connectivity index (χ1) is 7.42. The van der Waals surface area contributed by atoms with Gasteiger partial charge < -0.3 is 5.21 Å². The summed E-state index contributed by atoms with van der Waals surface area (Å²) in [5.74, 6) is 0. The number of oxime groups is 1. The Balaban J connectivity index is 2.44. The molecule has 1 heterocycles. The summed E-state index contributed by atoms with van der Waals surface area (Å²) in [6.45, 7) is 0. The molecule has 0 saturated heterocycles. The van der Waals surface area contributed by atoms with Crippen LogP contribution in [-0.2, 0) is 0 Å². The third kappa shape index (κ3) is 1.99. The summed E-state index contributed by atoms with van der Waals surface area (Å²) in [5.41, 5.74) is 2.07. The predicted octanol–water partition coefficient (Wildman–Crippen LogP) is 1.70. The molecule has 1 aromatic heterocycles. The van der Waals surface area contributed by atoms with Crippen LogP contribution in [0.25, 0.3) is 0 Å². The van der Waals surface area contributed by atoms with Gasteiger partial charge in [-0.1, -0.05) is 35.5 Å². The Morgan fingerprint density at radius 3 is 2.40 bits per heavy atom. The molecule has 4 heteroatoms. The third-order valence-corrected chi connectivity index (χ3v) is 2.00. The molecule has 2 rings (SSSR count). The number of hydrogen-bond donors (Lipinski definition) is 1. The van der Waals surface area contributed by atoms with E-state index in [9.17, 15) is 0 Å². The van der Waals surface area contributed by atoms with Gasteiger partial charge in [0.15, 0.2) is 0 Å². The van der Waals surface area contributed by atoms with Gasteiger partial charge in [-0.15, -0.1) is 0 Å². The highest BCUT2D eigenvalue weighted by atomic mass is 16.4. The lowest BCUT2D eigenvalue weighted by molar-refractivity contribution is 0.319. The maximum atomic E-state index is 8.97. The summed E-state index contributed by atoms with van der Waals surface area (Å²) < 4.78 is 0. The highest BCUT2D eigenvalue weighted by molar-refractivity contribution is 6.12. The summed E-state index contributed by atoms with van der Waals surface area (Å²) >= 11 is 0. The largest absolute Gasteiger partial charge is 0.410 e. The highest BCUT2D eigenvalue weighted by Gasteiger charge is 2.06. The Kier molecular flexibility index (Phi) is 2.69. The standard InChI is InChI=1S/C11H9N3O/c15-14-11(9-4-2-1-3-5-9)10-6-7-12-13-8-10/h1-8,15H/b14-11+. The normalized spacial score (nSPS) is 11.3. The van der Waals surface area contributed by atoms with Crippen molar-refractivity contribution in [1.29, 1.82) is 0 Å². The molecule has 0 atom stereocenters. The SMILES string of the molecule is O/N=C(\c1ccccc1)c1ccnnc1.